The summed E-state index contributed by atoms with van der Waals surface area (Å²) in [7, 11) is 1.66. The van der Waals surface area contributed by atoms with Crippen molar-refractivity contribution in [2.24, 2.45) is 0 Å². The molecule has 0 aliphatic carbocycles. The lowest BCUT2D eigenvalue weighted by atomic mass is 10.0. The van der Waals surface area contributed by atoms with Crippen LogP contribution in [0, 0.1) is 0 Å². The maximum atomic E-state index is 12.3. The molecule has 1 aromatic rings. The van der Waals surface area contributed by atoms with E-state index in [1.165, 1.54) is 36.6 Å². The number of amides is 2. The van der Waals surface area contributed by atoms with Gasteiger partial charge in [-0.15, -0.1) is 0 Å². The summed E-state index contributed by atoms with van der Waals surface area (Å²) < 4.78 is 5.25. The second-order valence-electron chi connectivity index (χ2n) is 6.73. The average molecular weight is 378 g/mol. The monoisotopic (exact) mass is 377 g/mol. The van der Waals surface area contributed by atoms with Crippen LogP contribution < -0.4 is 10.1 Å². The molecule has 7 heteroatoms. The van der Waals surface area contributed by atoms with Crippen LogP contribution in [0.5, 0.6) is 5.75 Å². The number of benzene rings is 1. The summed E-state index contributed by atoms with van der Waals surface area (Å²) in [6.07, 6.45) is 3.66. The number of hydrogen-bond donors (Lipinski definition) is 1. The summed E-state index contributed by atoms with van der Waals surface area (Å²) in [5.41, 5.74) is 1.18. The lowest BCUT2D eigenvalue weighted by molar-refractivity contribution is -0.121. The lowest BCUT2D eigenvalue weighted by Gasteiger charge is -2.35. The topological polar surface area (TPSA) is 61.9 Å². The van der Waals surface area contributed by atoms with E-state index in [0.29, 0.717) is 13.1 Å². The molecule has 26 heavy (non-hydrogen) atoms. The second-order valence-corrected chi connectivity index (χ2v) is 7.77. The molecule has 142 valence electrons. The molecule has 2 aliphatic rings. The van der Waals surface area contributed by atoms with Crippen molar-refractivity contribution in [2.45, 2.75) is 25.3 Å². The van der Waals surface area contributed by atoms with Gasteiger partial charge in [0.15, 0.2) is 0 Å². The van der Waals surface area contributed by atoms with Gasteiger partial charge in [0.25, 0.3) is 5.24 Å². The molecule has 2 amide bonds. The van der Waals surface area contributed by atoms with E-state index in [1.54, 1.807) is 12.0 Å². The van der Waals surface area contributed by atoms with Crippen LogP contribution in [0.4, 0.5) is 4.79 Å². The van der Waals surface area contributed by atoms with Gasteiger partial charge in [-0.05, 0) is 43.6 Å². The van der Waals surface area contributed by atoms with E-state index >= 15 is 0 Å². The van der Waals surface area contributed by atoms with E-state index in [1.807, 2.05) is 12.1 Å². The van der Waals surface area contributed by atoms with Crippen LogP contribution >= 0.6 is 11.8 Å². The first-order valence-electron chi connectivity index (χ1n) is 9.24. The summed E-state index contributed by atoms with van der Waals surface area (Å²) >= 11 is 1.28. The number of ether oxygens (including phenoxy) is 1. The number of nitrogens with zero attached hydrogens (tertiary/aromatic N) is 2. The van der Waals surface area contributed by atoms with Gasteiger partial charge in [-0.3, -0.25) is 14.5 Å². The number of thioether (sulfide) groups is 1. The fourth-order valence-electron chi connectivity index (χ4n) is 3.52. The van der Waals surface area contributed by atoms with Crippen LogP contribution in [0.15, 0.2) is 24.3 Å². The Morgan fingerprint density at radius 3 is 2.54 bits per heavy atom. The Morgan fingerprint density at radius 2 is 1.92 bits per heavy atom. The molecular weight excluding hydrogens is 350 g/mol. The summed E-state index contributed by atoms with van der Waals surface area (Å²) in [4.78, 5) is 28.0. The predicted molar refractivity (Wildman–Crippen MR) is 104 cm³/mol. The van der Waals surface area contributed by atoms with Gasteiger partial charge in [-0.2, -0.15) is 0 Å². The number of piperidine rings is 1. The molecule has 0 radical (unpaired) electrons. The van der Waals surface area contributed by atoms with Crippen LogP contribution in [0.25, 0.3) is 0 Å². The molecule has 3 rings (SSSR count). The maximum Gasteiger partial charge on any atom is 0.282 e. The van der Waals surface area contributed by atoms with E-state index in [2.05, 4.69) is 22.3 Å². The quantitative estimate of drug-likeness (QED) is 0.791. The molecule has 2 fully saturated rings. The molecule has 2 aliphatic heterocycles. The highest BCUT2D eigenvalue weighted by atomic mass is 32.2. The third-order valence-corrected chi connectivity index (χ3v) is 5.90. The molecule has 1 aromatic carbocycles. The van der Waals surface area contributed by atoms with Gasteiger partial charge in [0.2, 0.25) is 5.91 Å². The Labute approximate surface area is 159 Å². The minimum absolute atomic E-state index is 0.00267. The molecule has 2 saturated heterocycles. The Morgan fingerprint density at radius 1 is 1.19 bits per heavy atom. The van der Waals surface area contributed by atoms with Gasteiger partial charge in [0.05, 0.1) is 13.2 Å². The number of rotatable bonds is 7. The molecule has 0 spiro atoms. The Bertz CT molecular complexity index is 617. The summed E-state index contributed by atoms with van der Waals surface area (Å²) in [6, 6.07) is 8.23. The number of methoxy groups -OCH3 is 1. The lowest BCUT2D eigenvalue weighted by Crippen LogP contribution is -2.43. The van der Waals surface area contributed by atoms with Crippen molar-refractivity contribution in [3.63, 3.8) is 0 Å². The minimum Gasteiger partial charge on any atom is -0.497 e. The van der Waals surface area contributed by atoms with E-state index in [-0.39, 0.29) is 23.7 Å². The van der Waals surface area contributed by atoms with Crippen LogP contribution in [0.3, 0.4) is 0 Å². The number of hydrogen-bond acceptors (Lipinski definition) is 5. The van der Waals surface area contributed by atoms with Gasteiger partial charge in [0.1, 0.15) is 12.3 Å². The largest absolute Gasteiger partial charge is 0.497 e. The molecule has 6 nitrogen and oxygen atoms in total. The van der Waals surface area contributed by atoms with E-state index in [0.717, 1.165) is 24.6 Å². The van der Waals surface area contributed by atoms with E-state index in [9.17, 15) is 9.59 Å². The highest BCUT2D eigenvalue weighted by Crippen LogP contribution is 2.26. The van der Waals surface area contributed by atoms with Crippen molar-refractivity contribution in [2.75, 3.05) is 45.6 Å². The van der Waals surface area contributed by atoms with Crippen molar-refractivity contribution in [3.05, 3.63) is 29.8 Å². The average Bonchev–Trinajstić information content (AvgIpc) is 3.08. The summed E-state index contributed by atoms with van der Waals surface area (Å²) in [5, 5.41) is 3.04. The first-order valence-corrected chi connectivity index (χ1v) is 10.2. The minimum atomic E-state index is -0.0867. The molecule has 1 unspecified atom stereocenters. The number of likely N-dealkylation sites (tertiary alicyclic amines) is 1. The number of nitrogens with one attached hydrogen (secondary N) is 1. The van der Waals surface area contributed by atoms with Crippen molar-refractivity contribution in [3.8, 4) is 5.75 Å². The molecule has 2 heterocycles. The zero-order valence-electron chi connectivity index (χ0n) is 15.3. The van der Waals surface area contributed by atoms with Gasteiger partial charge in [-0.1, -0.05) is 30.3 Å². The van der Waals surface area contributed by atoms with Gasteiger partial charge < -0.3 is 15.0 Å². The SMILES string of the molecule is COc1ccc(C(CNC(=O)CN2CCSC2=O)N2CCCCC2)cc1. The standard InChI is InChI=1S/C19H27N3O3S/c1-25-16-7-5-15(6-8-16)17(21-9-3-2-4-10-21)13-20-18(23)14-22-11-12-26-19(22)24/h5-8,17H,2-4,9-14H2,1H3,(H,20,23). The molecule has 1 N–H and O–H groups in total. The highest BCUT2D eigenvalue weighted by molar-refractivity contribution is 8.13. The predicted octanol–water partition coefficient (Wildman–Crippen LogP) is 2.51. The van der Waals surface area contributed by atoms with Crippen molar-refractivity contribution in [1.82, 2.24) is 15.1 Å². The van der Waals surface area contributed by atoms with Gasteiger partial charge in [-0.25, -0.2) is 0 Å². The Kier molecular flexibility index (Phi) is 6.80. The van der Waals surface area contributed by atoms with Gasteiger partial charge >= 0.3 is 0 Å². The first-order chi connectivity index (χ1) is 12.7. The Balaban J connectivity index is 1.62. The third-order valence-electron chi connectivity index (χ3n) is 5.00. The smallest absolute Gasteiger partial charge is 0.282 e. The van der Waals surface area contributed by atoms with Gasteiger partial charge in [0, 0.05) is 18.8 Å². The van der Waals surface area contributed by atoms with Crippen LogP contribution in [-0.4, -0.2) is 66.5 Å². The normalized spacial score (nSPS) is 19.4. The summed E-state index contributed by atoms with van der Waals surface area (Å²) in [5.74, 6) is 1.52. The molecule has 0 saturated carbocycles. The van der Waals surface area contributed by atoms with Crippen LogP contribution in [-0.2, 0) is 4.79 Å². The number of carbonyl (C=O) groups is 2. The molecule has 0 bridgehead atoms. The fraction of sp³-hybridized carbons (Fsp3) is 0.579. The maximum absolute atomic E-state index is 12.3. The second kappa shape index (κ2) is 9.28. The summed E-state index contributed by atoms with van der Waals surface area (Å²) in [6.45, 7) is 3.47. The van der Waals surface area contributed by atoms with Crippen molar-refractivity contribution >= 4 is 22.9 Å². The molecule has 0 aromatic heterocycles. The zero-order chi connectivity index (χ0) is 18.4. The molecular formula is C19H27N3O3S. The third kappa shape index (κ3) is 4.92. The first kappa shape index (κ1) is 19.0. The van der Waals surface area contributed by atoms with Crippen molar-refractivity contribution < 1.29 is 14.3 Å². The molecule has 1 atom stereocenters. The zero-order valence-corrected chi connectivity index (χ0v) is 16.1. The number of carbonyl (C=O) groups excluding carboxylic acids is 2. The van der Waals surface area contributed by atoms with Crippen LogP contribution in [0.1, 0.15) is 30.9 Å². The fourth-order valence-corrected chi connectivity index (χ4v) is 4.35. The van der Waals surface area contributed by atoms with E-state index < -0.39 is 0 Å². The van der Waals surface area contributed by atoms with E-state index in [4.69, 9.17) is 4.74 Å². The van der Waals surface area contributed by atoms with Crippen molar-refractivity contribution in [1.29, 1.82) is 0 Å². The highest BCUT2D eigenvalue weighted by Gasteiger charge is 2.25. The van der Waals surface area contributed by atoms with Crippen LogP contribution in [0.2, 0.25) is 0 Å². The Hall–Kier alpha value is -1.73.